The predicted octanol–water partition coefficient (Wildman–Crippen LogP) is 7.02. The third kappa shape index (κ3) is 7.91. The third-order valence-corrected chi connectivity index (χ3v) is 7.90. The van der Waals surface area contributed by atoms with E-state index >= 15 is 0 Å². The van der Waals surface area contributed by atoms with Gasteiger partial charge in [0.2, 0.25) is 5.90 Å². The van der Waals surface area contributed by atoms with Gasteiger partial charge in [0.15, 0.2) is 11.6 Å². The second-order valence-electron chi connectivity index (χ2n) is 11.0. The van der Waals surface area contributed by atoms with Gasteiger partial charge in [-0.15, -0.1) is 0 Å². The van der Waals surface area contributed by atoms with Crippen molar-refractivity contribution in [2.75, 3.05) is 13.2 Å². The van der Waals surface area contributed by atoms with E-state index in [0.29, 0.717) is 52.2 Å². The van der Waals surface area contributed by atoms with Crippen molar-refractivity contribution in [1.29, 1.82) is 0 Å². The van der Waals surface area contributed by atoms with Gasteiger partial charge in [-0.05, 0) is 75.3 Å². The molecule has 1 amide bonds. The lowest BCUT2D eigenvalue weighted by atomic mass is 9.79. The number of aliphatic hydroxyl groups excluding tert-OH is 1. The average Bonchev–Trinajstić information content (AvgIpc) is 3.50. The van der Waals surface area contributed by atoms with Gasteiger partial charge in [-0.1, -0.05) is 70.9 Å². The van der Waals surface area contributed by atoms with E-state index in [2.05, 4.69) is 25.4 Å². The molecule has 0 bridgehead atoms. The number of hydrogen-bond donors (Lipinski definition) is 2. The molecule has 0 saturated heterocycles. The molecule has 5 rings (SSSR count). The van der Waals surface area contributed by atoms with Crippen LogP contribution in [0.5, 0.6) is 5.75 Å². The maximum absolute atomic E-state index is 14.6. The van der Waals surface area contributed by atoms with Crippen LogP contribution in [0.4, 0.5) is 4.39 Å². The Labute approximate surface area is 276 Å². The summed E-state index contributed by atoms with van der Waals surface area (Å²) in [4.78, 5) is 25.5. The maximum atomic E-state index is 14.6. The largest absolute Gasteiger partial charge is 0.494 e. The van der Waals surface area contributed by atoms with E-state index in [1.165, 1.54) is 12.1 Å². The van der Waals surface area contributed by atoms with Gasteiger partial charge in [-0.3, -0.25) is 4.79 Å². The number of nitrogens with zero attached hydrogens (tertiary/aromatic N) is 7. The van der Waals surface area contributed by atoms with Gasteiger partial charge in [0.25, 0.3) is 5.91 Å². The Morgan fingerprint density at radius 1 is 0.938 bits per heavy atom. The fraction of sp³-hybridized carbons (Fsp3) is 0.257. The molecule has 1 aliphatic rings. The molecule has 0 fully saturated rings. The molecule has 244 valence electrons. The van der Waals surface area contributed by atoms with Gasteiger partial charge < -0.3 is 19.9 Å². The lowest BCUT2D eigenvalue weighted by molar-refractivity contribution is -0.129. The Hall–Kier alpha value is -5.87. The highest BCUT2D eigenvalue weighted by molar-refractivity contribution is 6.01. The minimum atomic E-state index is -1.61. The number of aliphatic hydroxyl groups is 1. The van der Waals surface area contributed by atoms with Crippen molar-refractivity contribution in [3.63, 3.8) is 0 Å². The molecule has 48 heavy (non-hydrogen) atoms. The highest BCUT2D eigenvalue weighted by atomic mass is 19.1. The standard InChI is InChI=1S/C35H33FN8O4/c36-29-11-5-7-24(19-29)21-39-34(46)35(20-26-8-1-2-9-27(26)22-40-43-37)32(31-12-4-3-10-28(31)23-41-44-38)48-33(42-35)25-13-15-30(16-14-25)47-18-6-17-45/h1-5,7-16,19,32,45H,6,17-18,20-23H2,(H,39,46)/t32-,35-/m1/s1. The van der Waals surface area contributed by atoms with Crippen LogP contribution in [-0.2, 0) is 35.6 Å². The van der Waals surface area contributed by atoms with Crippen molar-refractivity contribution in [3.8, 4) is 5.75 Å². The molecule has 0 aromatic heterocycles. The molecular formula is C35H33FN8O4. The van der Waals surface area contributed by atoms with E-state index in [-0.39, 0.29) is 38.6 Å². The summed E-state index contributed by atoms with van der Waals surface area (Å²) < 4.78 is 26.4. The maximum Gasteiger partial charge on any atom is 0.252 e. The third-order valence-electron chi connectivity index (χ3n) is 7.90. The molecule has 13 heteroatoms. The number of amides is 1. The Balaban J connectivity index is 1.64. The number of azide groups is 2. The minimum absolute atomic E-state index is 0.0101. The van der Waals surface area contributed by atoms with E-state index in [9.17, 15) is 9.18 Å². The van der Waals surface area contributed by atoms with Crippen molar-refractivity contribution >= 4 is 11.8 Å². The Bertz CT molecular complexity index is 1870. The number of hydrogen-bond acceptors (Lipinski definition) is 7. The van der Waals surface area contributed by atoms with E-state index in [1.54, 1.807) is 54.6 Å². The van der Waals surface area contributed by atoms with Crippen LogP contribution in [0, 0.1) is 5.82 Å². The number of rotatable bonds is 15. The minimum Gasteiger partial charge on any atom is -0.494 e. The molecule has 0 saturated carbocycles. The molecule has 1 aliphatic heterocycles. The van der Waals surface area contributed by atoms with Crippen molar-refractivity contribution in [2.24, 2.45) is 15.2 Å². The molecule has 2 N–H and O–H groups in total. The molecule has 0 unspecified atom stereocenters. The summed E-state index contributed by atoms with van der Waals surface area (Å²) in [5.74, 6) is -0.114. The number of halogens is 1. The highest BCUT2D eigenvalue weighted by Crippen LogP contribution is 2.44. The van der Waals surface area contributed by atoms with Crippen LogP contribution in [0.15, 0.2) is 112 Å². The Morgan fingerprint density at radius 3 is 2.33 bits per heavy atom. The first-order chi connectivity index (χ1) is 23.5. The summed E-state index contributed by atoms with van der Waals surface area (Å²) in [6.45, 7) is 0.454. The van der Waals surface area contributed by atoms with Gasteiger partial charge in [0.1, 0.15) is 11.6 Å². The van der Waals surface area contributed by atoms with Gasteiger partial charge in [0.05, 0.1) is 19.7 Å². The van der Waals surface area contributed by atoms with Crippen molar-refractivity contribution in [3.05, 3.63) is 157 Å². The molecule has 1 heterocycles. The molecule has 0 radical (unpaired) electrons. The van der Waals surface area contributed by atoms with Crippen LogP contribution in [0.1, 0.15) is 45.9 Å². The van der Waals surface area contributed by atoms with Gasteiger partial charge in [-0.25, -0.2) is 9.38 Å². The number of aliphatic imine (C=N–C) groups is 1. The number of carbonyl (C=O) groups is 1. The summed E-state index contributed by atoms with van der Waals surface area (Å²) in [5.41, 5.74) is 20.3. The number of ether oxygens (including phenoxy) is 2. The molecule has 0 spiro atoms. The van der Waals surface area contributed by atoms with Crippen molar-refractivity contribution in [1.82, 2.24) is 5.32 Å². The first-order valence-corrected chi connectivity index (χ1v) is 15.3. The summed E-state index contributed by atoms with van der Waals surface area (Å²) in [7, 11) is 0. The first-order valence-electron chi connectivity index (χ1n) is 15.3. The van der Waals surface area contributed by atoms with E-state index in [1.807, 2.05) is 30.3 Å². The smallest absolute Gasteiger partial charge is 0.252 e. The zero-order valence-electron chi connectivity index (χ0n) is 25.9. The van der Waals surface area contributed by atoms with Crippen LogP contribution in [0.3, 0.4) is 0 Å². The monoisotopic (exact) mass is 648 g/mol. The fourth-order valence-corrected chi connectivity index (χ4v) is 5.57. The zero-order chi connectivity index (χ0) is 33.8. The highest BCUT2D eigenvalue weighted by Gasteiger charge is 2.54. The molecule has 2 atom stereocenters. The summed E-state index contributed by atoms with van der Waals surface area (Å²) >= 11 is 0. The van der Waals surface area contributed by atoms with Crippen molar-refractivity contribution in [2.45, 2.75) is 44.1 Å². The Kier molecular flexibility index (Phi) is 11.2. The van der Waals surface area contributed by atoms with Crippen LogP contribution < -0.4 is 10.1 Å². The molecule has 4 aromatic rings. The number of carbonyl (C=O) groups excluding carboxylic acids is 1. The fourth-order valence-electron chi connectivity index (χ4n) is 5.57. The lowest BCUT2D eigenvalue weighted by Gasteiger charge is -2.32. The van der Waals surface area contributed by atoms with Crippen LogP contribution >= 0.6 is 0 Å². The van der Waals surface area contributed by atoms with E-state index < -0.39 is 23.4 Å². The molecular weight excluding hydrogens is 615 g/mol. The SMILES string of the molecule is [N-]=[N+]=NCc1ccccc1C[C@@]1(C(=O)NCc2cccc(F)c2)N=C(c2ccc(OCCCO)cc2)O[C@@H]1c1ccccc1CN=[N+]=[N-]. The predicted molar refractivity (Wildman–Crippen MR) is 177 cm³/mol. The molecule has 0 aliphatic carbocycles. The topological polar surface area (TPSA) is 178 Å². The Morgan fingerprint density at radius 2 is 1.62 bits per heavy atom. The van der Waals surface area contributed by atoms with Crippen LogP contribution in [0.25, 0.3) is 20.9 Å². The second-order valence-corrected chi connectivity index (χ2v) is 11.0. The van der Waals surface area contributed by atoms with Gasteiger partial charge >= 0.3 is 0 Å². The van der Waals surface area contributed by atoms with Gasteiger partial charge in [-0.2, -0.15) is 0 Å². The molecule has 12 nitrogen and oxygen atoms in total. The quantitative estimate of drug-likeness (QED) is 0.0609. The summed E-state index contributed by atoms with van der Waals surface area (Å²) in [5, 5.41) is 19.6. The van der Waals surface area contributed by atoms with E-state index in [4.69, 9.17) is 30.6 Å². The normalized spacial score (nSPS) is 16.5. The van der Waals surface area contributed by atoms with Gasteiger partial charge in [0, 0.05) is 41.4 Å². The van der Waals surface area contributed by atoms with Crippen LogP contribution in [-0.4, -0.2) is 35.7 Å². The van der Waals surface area contributed by atoms with Crippen LogP contribution in [0.2, 0.25) is 0 Å². The number of benzene rings is 4. The zero-order valence-corrected chi connectivity index (χ0v) is 25.9. The average molecular weight is 649 g/mol. The number of nitrogens with one attached hydrogen (secondary N) is 1. The van der Waals surface area contributed by atoms with E-state index in [0.717, 1.165) is 0 Å². The summed E-state index contributed by atoms with van der Waals surface area (Å²) in [6.07, 6.45) is -0.452. The second kappa shape index (κ2) is 16.1. The van der Waals surface area contributed by atoms with Crippen molar-refractivity contribution < 1.29 is 23.8 Å². The summed E-state index contributed by atoms with van der Waals surface area (Å²) in [6, 6.07) is 27.5. The lowest BCUT2D eigenvalue weighted by Crippen LogP contribution is -2.50. The first kappa shape index (κ1) is 33.5. The molecule has 4 aromatic carbocycles.